The fourth-order valence-corrected chi connectivity index (χ4v) is 2.04. The molecule has 0 saturated carbocycles. The molecule has 3 heteroatoms. The summed E-state index contributed by atoms with van der Waals surface area (Å²) in [4.78, 5) is 14.9. The van der Waals surface area contributed by atoms with E-state index >= 15 is 0 Å². The molecule has 0 atom stereocenters. The summed E-state index contributed by atoms with van der Waals surface area (Å²) in [6.07, 6.45) is 4.28. The molecule has 3 rings (SSSR count). The van der Waals surface area contributed by atoms with Gasteiger partial charge in [-0.2, -0.15) is 0 Å². The van der Waals surface area contributed by atoms with Crippen LogP contribution in [0.25, 0.3) is 11.1 Å². The Morgan fingerprint density at radius 1 is 0.905 bits per heavy atom. The predicted molar refractivity (Wildman–Crippen MR) is 81.6 cm³/mol. The summed E-state index contributed by atoms with van der Waals surface area (Å²) in [5, 5.41) is 0. The summed E-state index contributed by atoms with van der Waals surface area (Å²) in [5.41, 5.74) is 2.49. The van der Waals surface area contributed by atoms with E-state index in [9.17, 15) is 4.79 Å². The largest absolute Gasteiger partial charge is 0.457 e. The molecule has 21 heavy (non-hydrogen) atoms. The van der Waals surface area contributed by atoms with Crippen LogP contribution in [0, 0.1) is 0 Å². The van der Waals surface area contributed by atoms with Gasteiger partial charge in [0.05, 0.1) is 0 Å². The highest BCUT2D eigenvalue weighted by Gasteiger charge is 2.07. The lowest BCUT2D eigenvalue weighted by Gasteiger charge is -2.10. The molecule has 102 valence electrons. The fraction of sp³-hybridized carbons (Fsp3) is 0. The zero-order valence-electron chi connectivity index (χ0n) is 11.3. The molecule has 0 aliphatic carbocycles. The van der Waals surface area contributed by atoms with Crippen molar-refractivity contribution in [2.45, 2.75) is 0 Å². The second-order valence-corrected chi connectivity index (χ2v) is 4.53. The molecule has 0 amide bonds. The molecule has 0 saturated heterocycles. The Morgan fingerprint density at radius 3 is 2.38 bits per heavy atom. The normalized spacial score (nSPS) is 10.1. The van der Waals surface area contributed by atoms with Crippen molar-refractivity contribution in [2.75, 3.05) is 0 Å². The number of para-hydroxylation sites is 1. The molecule has 0 N–H and O–H groups in total. The first kappa shape index (κ1) is 13.1. The third kappa shape index (κ3) is 2.98. The number of carbonyl (C=O) groups excluding carboxylic acids is 1. The minimum absolute atomic E-state index is 0.646. The molecule has 0 bridgehead atoms. The molecular weight excluding hydrogens is 262 g/mol. The van der Waals surface area contributed by atoms with E-state index in [1.54, 1.807) is 24.5 Å². The molecule has 2 aromatic carbocycles. The average molecular weight is 275 g/mol. The monoisotopic (exact) mass is 275 g/mol. The number of hydrogen-bond donors (Lipinski definition) is 0. The second-order valence-electron chi connectivity index (χ2n) is 4.53. The Morgan fingerprint density at radius 2 is 1.67 bits per heavy atom. The van der Waals surface area contributed by atoms with Gasteiger partial charge < -0.3 is 4.74 Å². The minimum atomic E-state index is 0.646. The van der Waals surface area contributed by atoms with E-state index in [2.05, 4.69) is 4.98 Å². The lowest BCUT2D eigenvalue weighted by molar-refractivity contribution is 0.112. The van der Waals surface area contributed by atoms with Gasteiger partial charge in [0.15, 0.2) is 0 Å². The Bertz CT molecular complexity index is 737. The Hall–Kier alpha value is -2.94. The van der Waals surface area contributed by atoms with Crippen molar-refractivity contribution in [3.63, 3.8) is 0 Å². The van der Waals surface area contributed by atoms with E-state index in [1.807, 2.05) is 48.5 Å². The summed E-state index contributed by atoms with van der Waals surface area (Å²) in [7, 11) is 0. The molecule has 0 radical (unpaired) electrons. The van der Waals surface area contributed by atoms with Crippen molar-refractivity contribution in [2.24, 2.45) is 0 Å². The number of ether oxygens (including phenoxy) is 1. The zero-order valence-corrected chi connectivity index (χ0v) is 11.3. The first-order valence-corrected chi connectivity index (χ1v) is 6.59. The van der Waals surface area contributed by atoms with Crippen molar-refractivity contribution >= 4 is 6.29 Å². The Kier molecular flexibility index (Phi) is 3.74. The van der Waals surface area contributed by atoms with Crippen LogP contribution in [0.3, 0.4) is 0 Å². The second kappa shape index (κ2) is 6.01. The van der Waals surface area contributed by atoms with Crippen LogP contribution in [0.1, 0.15) is 10.4 Å². The van der Waals surface area contributed by atoms with Gasteiger partial charge in [-0.05, 0) is 23.8 Å². The van der Waals surface area contributed by atoms with Crippen LogP contribution in [0.15, 0.2) is 73.1 Å². The lowest BCUT2D eigenvalue weighted by Crippen LogP contribution is -1.89. The molecule has 0 spiro atoms. The molecule has 3 aromatic rings. The molecule has 0 unspecified atom stereocenters. The lowest BCUT2D eigenvalue weighted by atomic mass is 10.1. The van der Waals surface area contributed by atoms with Crippen molar-refractivity contribution in [1.29, 1.82) is 0 Å². The van der Waals surface area contributed by atoms with Gasteiger partial charge in [0.2, 0.25) is 0 Å². The SMILES string of the molecule is O=Cc1ccc(-c2cnccc2Oc2ccccc2)cc1. The van der Waals surface area contributed by atoms with Crippen LogP contribution in [-0.4, -0.2) is 11.3 Å². The highest BCUT2D eigenvalue weighted by atomic mass is 16.5. The summed E-state index contributed by atoms with van der Waals surface area (Å²) >= 11 is 0. The Labute approximate surface area is 122 Å². The minimum Gasteiger partial charge on any atom is -0.457 e. The number of hydrogen-bond acceptors (Lipinski definition) is 3. The van der Waals surface area contributed by atoms with Crippen LogP contribution < -0.4 is 4.74 Å². The molecule has 0 fully saturated rings. The van der Waals surface area contributed by atoms with Crippen molar-refractivity contribution in [1.82, 2.24) is 4.98 Å². The number of aromatic nitrogens is 1. The van der Waals surface area contributed by atoms with Gasteiger partial charge in [-0.3, -0.25) is 9.78 Å². The number of nitrogens with zero attached hydrogens (tertiary/aromatic N) is 1. The quantitative estimate of drug-likeness (QED) is 0.664. The van der Waals surface area contributed by atoms with Gasteiger partial charge in [0.1, 0.15) is 17.8 Å². The average Bonchev–Trinajstić information content (AvgIpc) is 2.56. The van der Waals surface area contributed by atoms with Crippen LogP contribution in [0.5, 0.6) is 11.5 Å². The third-order valence-corrected chi connectivity index (χ3v) is 3.11. The van der Waals surface area contributed by atoms with Gasteiger partial charge in [-0.25, -0.2) is 0 Å². The van der Waals surface area contributed by atoms with Gasteiger partial charge in [0.25, 0.3) is 0 Å². The van der Waals surface area contributed by atoms with E-state index in [-0.39, 0.29) is 0 Å². The third-order valence-electron chi connectivity index (χ3n) is 3.11. The fourth-order valence-electron chi connectivity index (χ4n) is 2.04. The molecule has 1 heterocycles. The molecular formula is C18H13NO2. The highest BCUT2D eigenvalue weighted by molar-refractivity contribution is 5.78. The number of rotatable bonds is 4. The van der Waals surface area contributed by atoms with E-state index in [0.29, 0.717) is 5.56 Å². The maximum absolute atomic E-state index is 10.7. The van der Waals surface area contributed by atoms with Crippen LogP contribution in [0.4, 0.5) is 0 Å². The summed E-state index contributed by atoms with van der Waals surface area (Å²) < 4.78 is 5.91. The molecule has 0 aliphatic heterocycles. The molecule has 0 aliphatic rings. The Balaban J connectivity index is 1.97. The summed E-state index contributed by atoms with van der Waals surface area (Å²) in [6, 6.07) is 18.8. The first-order valence-electron chi connectivity index (χ1n) is 6.59. The first-order chi connectivity index (χ1) is 10.4. The number of pyridine rings is 1. The van der Waals surface area contributed by atoms with E-state index in [4.69, 9.17) is 4.74 Å². The van der Waals surface area contributed by atoms with Crippen LogP contribution >= 0.6 is 0 Å². The van der Waals surface area contributed by atoms with E-state index in [1.165, 1.54) is 0 Å². The number of carbonyl (C=O) groups is 1. The van der Waals surface area contributed by atoms with Crippen molar-refractivity contribution in [3.8, 4) is 22.6 Å². The van der Waals surface area contributed by atoms with E-state index < -0.39 is 0 Å². The van der Waals surface area contributed by atoms with Gasteiger partial charge in [-0.1, -0.05) is 42.5 Å². The predicted octanol–water partition coefficient (Wildman–Crippen LogP) is 4.35. The van der Waals surface area contributed by atoms with Crippen molar-refractivity contribution in [3.05, 3.63) is 78.6 Å². The summed E-state index contributed by atoms with van der Waals surface area (Å²) in [6.45, 7) is 0. The number of aldehydes is 1. The topological polar surface area (TPSA) is 39.2 Å². The van der Waals surface area contributed by atoms with Gasteiger partial charge >= 0.3 is 0 Å². The van der Waals surface area contributed by atoms with Crippen molar-refractivity contribution < 1.29 is 9.53 Å². The summed E-state index contributed by atoms with van der Waals surface area (Å²) in [5.74, 6) is 1.50. The maximum Gasteiger partial charge on any atom is 0.150 e. The smallest absolute Gasteiger partial charge is 0.150 e. The highest BCUT2D eigenvalue weighted by Crippen LogP contribution is 2.32. The molecule has 1 aromatic heterocycles. The van der Waals surface area contributed by atoms with Gasteiger partial charge in [-0.15, -0.1) is 0 Å². The van der Waals surface area contributed by atoms with E-state index in [0.717, 1.165) is 28.9 Å². The number of benzene rings is 2. The maximum atomic E-state index is 10.7. The van der Waals surface area contributed by atoms with Gasteiger partial charge in [0, 0.05) is 23.5 Å². The van der Waals surface area contributed by atoms with Crippen LogP contribution in [0.2, 0.25) is 0 Å². The molecule has 3 nitrogen and oxygen atoms in total. The van der Waals surface area contributed by atoms with Crippen LogP contribution in [-0.2, 0) is 0 Å². The standard InChI is InChI=1S/C18H13NO2/c20-13-14-6-8-15(9-7-14)17-12-19-11-10-18(17)21-16-4-2-1-3-5-16/h1-13H. The zero-order chi connectivity index (χ0) is 14.5.